The Labute approximate surface area is 267 Å². The predicted octanol–water partition coefficient (Wildman–Crippen LogP) is 4.69. The Hall–Kier alpha value is -5.42. The van der Waals surface area contributed by atoms with Crippen molar-refractivity contribution in [1.82, 2.24) is 19.9 Å². The summed E-state index contributed by atoms with van der Waals surface area (Å²) in [6.07, 6.45) is 0. The van der Waals surface area contributed by atoms with E-state index in [0.29, 0.717) is 41.5 Å². The number of hydrogen-bond donors (Lipinski definition) is 1. The summed E-state index contributed by atoms with van der Waals surface area (Å²) in [6.45, 7) is 3.05. The summed E-state index contributed by atoms with van der Waals surface area (Å²) < 4.78 is 18.1. The molecule has 5 aromatic rings. The molecular weight excluding hydrogens is 584 g/mol. The third kappa shape index (κ3) is 6.79. The molecule has 1 unspecified atom stereocenters. The predicted molar refractivity (Wildman–Crippen MR) is 175 cm³/mol. The molecule has 6 rings (SSSR count). The maximum absolute atomic E-state index is 14.4. The van der Waals surface area contributed by atoms with Crippen LogP contribution in [-0.2, 0) is 27.4 Å². The number of nitrogens with zero attached hydrogens (tertiary/aromatic N) is 5. The number of aromatic nitrogens is 3. The Morgan fingerprint density at radius 3 is 2.35 bits per heavy atom. The lowest BCUT2D eigenvalue weighted by atomic mass is 10.0. The molecule has 0 spiro atoms. The van der Waals surface area contributed by atoms with Gasteiger partial charge in [-0.05, 0) is 59.7 Å². The molecule has 1 aliphatic rings. The molecular formula is C35H36N6O5. The summed E-state index contributed by atoms with van der Waals surface area (Å²) in [5, 5.41) is 11.5. The van der Waals surface area contributed by atoms with Crippen LogP contribution in [0.15, 0.2) is 97.1 Å². The Balaban J connectivity index is 1.37. The molecule has 0 aliphatic carbocycles. The number of para-hydroxylation sites is 1. The summed E-state index contributed by atoms with van der Waals surface area (Å²) in [5.41, 5.74) is 4.50. The van der Waals surface area contributed by atoms with Crippen molar-refractivity contribution in [3.05, 3.63) is 108 Å². The van der Waals surface area contributed by atoms with Crippen LogP contribution >= 0.6 is 0 Å². The maximum atomic E-state index is 14.4. The molecule has 1 N–H and O–H groups in total. The molecule has 0 saturated carbocycles. The van der Waals surface area contributed by atoms with Gasteiger partial charge in [-0.15, -0.1) is 5.10 Å². The third-order valence-corrected chi connectivity index (χ3v) is 8.02. The number of amides is 2. The lowest BCUT2D eigenvalue weighted by Crippen LogP contribution is -2.42. The van der Waals surface area contributed by atoms with Crippen LogP contribution in [-0.4, -0.2) is 72.2 Å². The molecule has 11 heteroatoms. The SMILES string of the molecule is COc1ccc(C(C(=O)Nc2ccc(N3CCOCC3)cc2)N(Cc2ccccc2)C(=O)Cn2nnc3ccccc32)cc1OC. The highest BCUT2D eigenvalue weighted by Gasteiger charge is 2.33. The van der Waals surface area contributed by atoms with Crippen molar-refractivity contribution in [1.29, 1.82) is 0 Å². The van der Waals surface area contributed by atoms with E-state index in [9.17, 15) is 9.59 Å². The van der Waals surface area contributed by atoms with Gasteiger partial charge in [0.05, 0.1) is 33.0 Å². The lowest BCUT2D eigenvalue weighted by Gasteiger charge is -2.32. The number of anilines is 2. The van der Waals surface area contributed by atoms with Gasteiger partial charge >= 0.3 is 0 Å². The highest BCUT2D eigenvalue weighted by molar-refractivity contribution is 5.98. The van der Waals surface area contributed by atoms with Gasteiger partial charge in [0, 0.05) is 31.0 Å². The van der Waals surface area contributed by atoms with E-state index in [1.54, 1.807) is 34.9 Å². The van der Waals surface area contributed by atoms with Crippen molar-refractivity contribution in [3.63, 3.8) is 0 Å². The van der Waals surface area contributed by atoms with Crippen LogP contribution in [0.2, 0.25) is 0 Å². The molecule has 46 heavy (non-hydrogen) atoms. The average molecular weight is 621 g/mol. The van der Waals surface area contributed by atoms with E-state index >= 15 is 0 Å². The van der Waals surface area contributed by atoms with Gasteiger partial charge < -0.3 is 29.3 Å². The van der Waals surface area contributed by atoms with Gasteiger partial charge in [0.15, 0.2) is 11.5 Å². The first-order chi connectivity index (χ1) is 22.5. The van der Waals surface area contributed by atoms with E-state index in [1.165, 1.54) is 7.11 Å². The first-order valence-electron chi connectivity index (χ1n) is 15.1. The molecule has 1 saturated heterocycles. The van der Waals surface area contributed by atoms with Gasteiger partial charge in [-0.1, -0.05) is 53.7 Å². The van der Waals surface area contributed by atoms with E-state index < -0.39 is 6.04 Å². The average Bonchev–Trinajstić information content (AvgIpc) is 3.51. The summed E-state index contributed by atoms with van der Waals surface area (Å²) in [6, 6.07) is 29.0. The molecule has 0 bridgehead atoms. The third-order valence-electron chi connectivity index (χ3n) is 8.02. The van der Waals surface area contributed by atoms with E-state index in [-0.39, 0.29) is 24.9 Å². The van der Waals surface area contributed by atoms with Gasteiger partial charge in [-0.3, -0.25) is 9.59 Å². The minimum Gasteiger partial charge on any atom is -0.493 e. The van der Waals surface area contributed by atoms with Gasteiger partial charge in [0.25, 0.3) is 5.91 Å². The molecule has 1 fully saturated rings. The second-order valence-corrected chi connectivity index (χ2v) is 10.9. The summed E-state index contributed by atoms with van der Waals surface area (Å²) in [5.74, 6) is 0.275. The first-order valence-corrected chi connectivity index (χ1v) is 15.1. The number of carbonyl (C=O) groups excluding carboxylic acids is 2. The van der Waals surface area contributed by atoms with Crippen molar-refractivity contribution in [3.8, 4) is 11.5 Å². The fourth-order valence-electron chi connectivity index (χ4n) is 5.64. The number of morpholine rings is 1. The highest BCUT2D eigenvalue weighted by Crippen LogP contribution is 2.34. The van der Waals surface area contributed by atoms with Crippen LogP contribution in [0.5, 0.6) is 11.5 Å². The Morgan fingerprint density at radius 2 is 1.61 bits per heavy atom. The zero-order chi connectivity index (χ0) is 31.9. The number of benzene rings is 4. The molecule has 2 amide bonds. The number of hydrogen-bond acceptors (Lipinski definition) is 8. The molecule has 1 atom stereocenters. The molecule has 236 valence electrons. The van der Waals surface area contributed by atoms with Crippen LogP contribution in [0.3, 0.4) is 0 Å². The normalized spacial score (nSPS) is 13.7. The maximum Gasteiger partial charge on any atom is 0.251 e. The standard InChI is InChI=1S/C35H36N6O5/c1-44-31-17-12-26(22-32(31)45-2)34(35(43)36-27-13-15-28(16-14-27)39-18-20-46-21-19-39)40(23-25-8-4-3-5-9-25)33(42)24-41-30-11-7-6-10-29(30)37-38-41/h3-17,22,34H,18-21,23-24H2,1-2H3,(H,36,43). The van der Waals surface area contributed by atoms with Gasteiger partial charge in [0.2, 0.25) is 5.91 Å². The second-order valence-electron chi connectivity index (χ2n) is 10.9. The zero-order valence-corrected chi connectivity index (χ0v) is 25.8. The highest BCUT2D eigenvalue weighted by atomic mass is 16.5. The summed E-state index contributed by atoms with van der Waals surface area (Å²) >= 11 is 0. The van der Waals surface area contributed by atoms with E-state index in [0.717, 1.165) is 29.9 Å². The van der Waals surface area contributed by atoms with Crippen LogP contribution in [0, 0.1) is 0 Å². The van der Waals surface area contributed by atoms with Crippen molar-refractivity contribution in [2.24, 2.45) is 0 Å². The minimum absolute atomic E-state index is 0.112. The number of methoxy groups -OCH3 is 2. The number of nitrogens with one attached hydrogen (secondary N) is 1. The van der Waals surface area contributed by atoms with Gasteiger partial charge in [-0.2, -0.15) is 0 Å². The Bertz CT molecular complexity index is 1790. The smallest absolute Gasteiger partial charge is 0.251 e. The number of ether oxygens (including phenoxy) is 3. The van der Waals surface area contributed by atoms with Crippen LogP contribution in [0.4, 0.5) is 11.4 Å². The lowest BCUT2D eigenvalue weighted by molar-refractivity contribution is -0.140. The Morgan fingerprint density at radius 1 is 0.891 bits per heavy atom. The van der Waals surface area contributed by atoms with Crippen LogP contribution < -0.4 is 19.7 Å². The summed E-state index contributed by atoms with van der Waals surface area (Å²) in [4.78, 5) is 32.5. The van der Waals surface area contributed by atoms with Crippen molar-refractivity contribution < 1.29 is 23.8 Å². The topological polar surface area (TPSA) is 111 Å². The molecule has 1 aliphatic heterocycles. The molecule has 0 radical (unpaired) electrons. The molecule has 2 heterocycles. The quantitative estimate of drug-likeness (QED) is 0.226. The molecule has 1 aromatic heterocycles. The van der Waals surface area contributed by atoms with Crippen LogP contribution in [0.25, 0.3) is 11.0 Å². The van der Waals surface area contributed by atoms with E-state index in [1.807, 2.05) is 78.9 Å². The van der Waals surface area contributed by atoms with Crippen molar-refractivity contribution in [2.45, 2.75) is 19.1 Å². The van der Waals surface area contributed by atoms with Gasteiger partial charge in [0.1, 0.15) is 18.1 Å². The molecule has 4 aromatic carbocycles. The minimum atomic E-state index is -1.03. The largest absolute Gasteiger partial charge is 0.493 e. The fourth-order valence-corrected chi connectivity index (χ4v) is 5.64. The first kappa shape index (κ1) is 30.6. The molecule has 11 nitrogen and oxygen atoms in total. The zero-order valence-electron chi connectivity index (χ0n) is 25.8. The number of rotatable bonds is 11. The van der Waals surface area contributed by atoms with E-state index in [2.05, 4.69) is 20.5 Å². The van der Waals surface area contributed by atoms with Crippen molar-refractivity contribution >= 4 is 34.2 Å². The van der Waals surface area contributed by atoms with Crippen molar-refractivity contribution in [2.75, 3.05) is 50.7 Å². The number of carbonyl (C=O) groups is 2. The Kier molecular flexibility index (Phi) is 9.40. The summed E-state index contributed by atoms with van der Waals surface area (Å²) in [7, 11) is 3.09. The van der Waals surface area contributed by atoms with Crippen LogP contribution in [0.1, 0.15) is 17.2 Å². The number of fused-ring (bicyclic) bond motifs is 1. The monoisotopic (exact) mass is 620 g/mol. The van der Waals surface area contributed by atoms with E-state index in [4.69, 9.17) is 14.2 Å². The second kappa shape index (κ2) is 14.1. The fraction of sp³-hybridized carbons (Fsp3) is 0.257. The van der Waals surface area contributed by atoms with Gasteiger partial charge in [-0.25, -0.2) is 4.68 Å².